The molecule has 1 aliphatic heterocycles. The van der Waals surface area contributed by atoms with Crippen LogP contribution in [0.3, 0.4) is 0 Å². The molecule has 8 heteroatoms. The zero-order valence-electron chi connectivity index (χ0n) is 10.6. The number of aromatic nitrogens is 2. The maximum Gasteiger partial charge on any atom is 0.330 e. The largest absolute Gasteiger partial charge is 0.394 e. The van der Waals surface area contributed by atoms with Crippen LogP contribution in [-0.4, -0.2) is 44.8 Å². The summed E-state index contributed by atoms with van der Waals surface area (Å²) in [6, 6.07) is 1.04. The van der Waals surface area contributed by atoms with Gasteiger partial charge in [0.25, 0.3) is 5.56 Å². The number of aliphatic hydroxyl groups is 2. The zero-order valence-corrected chi connectivity index (χ0v) is 10.6. The first kappa shape index (κ1) is 15.5. The van der Waals surface area contributed by atoms with Crippen molar-refractivity contribution in [3.05, 3.63) is 33.1 Å². The minimum atomic E-state index is -1.85. The first-order chi connectivity index (χ1) is 9.04. The molecule has 1 aromatic heterocycles. The lowest BCUT2D eigenvalue weighted by Gasteiger charge is -2.15. The fourth-order valence-corrected chi connectivity index (χ4v) is 1.71. The molecule has 0 saturated carbocycles. The van der Waals surface area contributed by atoms with E-state index in [2.05, 4.69) is 0 Å². The maximum atomic E-state index is 13.6. The Morgan fingerprint density at radius 3 is 2.58 bits per heavy atom. The van der Waals surface area contributed by atoms with Crippen molar-refractivity contribution >= 4 is 0 Å². The van der Waals surface area contributed by atoms with Crippen LogP contribution < -0.4 is 11.2 Å². The van der Waals surface area contributed by atoms with Crippen LogP contribution in [0.25, 0.3) is 0 Å². The highest BCUT2D eigenvalue weighted by atomic mass is 19.1. The van der Waals surface area contributed by atoms with E-state index < -0.39 is 42.5 Å². The van der Waals surface area contributed by atoms with Gasteiger partial charge in [-0.3, -0.25) is 14.3 Å². The highest BCUT2D eigenvalue weighted by Crippen LogP contribution is 2.30. The van der Waals surface area contributed by atoms with Crippen LogP contribution >= 0.6 is 0 Å². The normalized spacial score (nSPS) is 29.7. The Balaban J connectivity index is 0.000000861. The van der Waals surface area contributed by atoms with Gasteiger partial charge >= 0.3 is 5.69 Å². The quantitative estimate of drug-likeness (QED) is 0.652. The predicted octanol–water partition coefficient (Wildman–Crippen LogP) is -0.848. The molecule has 0 aliphatic carbocycles. The van der Waals surface area contributed by atoms with Crippen LogP contribution in [0.15, 0.2) is 21.9 Å². The number of hydrogen-bond acceptors (Lipinski definition) is 5. The number of aromatic amines is 1. The van der Waals surface area contributed by atoms with Gasteiger partial charge in [0.15, 0.2) is 12.4 Å². The van der Waals surface area contributed by atoms with Gasteiger partial charge in [-0.1, -0.05) is 13.8 Å². The van der Waals surface area contributed by atoms with Crippen molar-refractivity contribution in [3.8, 4) is 0 Å². The summed E-state index contributed by atoms with van der Waals surface area (Å²) in [7, 11) is 0. The van der Waals surface area contributed by atoms with Crippen molar-refractivity contribution < 1.29 is 19.3 Å². The smallest absolute Gasteiger partial charge is 0.330 e. The van der Waals surface area contributed by atoms with Gasteiger partial charge in [0.05, 0.1) is 6.61 Å². The van der Waals surface area contributed by atoms with E-state index >= 15 is 0 Å². The molecule has 0 amide bonds. The van der Waals surface area contributed by atoms with E-state index in [0.717, 1.165) is 16.8 Å². The van der Waals surface area contributed by atoms with Crippen LogP contribution in [0.1, 0.15) is 20.1 Å². The third kappa shape index (κ3) is 3.09. The van der Waals surface area contributed by atoms with Gasteiger partial charge in [-0.2, -0.15) is 0 Å². The third-order valence-corrected chi connectivity index (χ3v) is 2.60. The Hall–Kier alpha value is -1.51. The van der Waals surface area contributed by atoms with Crippen LogP contribution in [0.2, 0.25) is 0 Å². The molecule has 19 heavy (non-hydrogen) atoms. The number of aliphatic hydroxyl groups excluding tert-OH is 2. The van der Waals surface area contributed by atoms with E-state index in [0.29, 0.717) is 0 Å². The molecule has 1 fully saturated rings. The number of rotatable bonds is 2. The second-order valence-corrected chi connectivity index (χ2v) is 3.70. The van der Waals surface area contributed by atoms with Gasteiger partial charge < -0.3 is 14.9 Å². The molecule has 2 rings (SSSR count). The van der Waals surface area contributed by atoms with Gasteiger partial charge in [-0.05, 0) is 0 Å². The molecule has 0 radical (unpaired) electrons. The van der Waals surface area contributed by atoms with Crippen molar-refractivity contribution in [1.82, 2.24) is 9.55 Å². The number of halogens is 1. The van der Waals surface area contributed by atoms with Crippen molar-refractivity contribution in [3.63, 3.8) is 0 Å². The Kier molecular flexibility index (Phi) is 5.40. The van der Waals surface area contributed by atoms with Crippen molar-refractivity contribution in [2.24, 2.45) is 0 Å². The fourth-order valence-electron chi connectivity index (χ4n) is 1.71. The minimum absolute atomic E-state index is 0.559. The summed E-state index contributed by atoms with van der Waals surface area (Å²) in [5.41, 5.74) is -1.45. The lowest BCUT2D eigenvalue weighted by Crippen LogP contribution is -2.35. The summed E-state index contributed by atoms with van der Waals surface area (Å²) in [6.45, 7) is 3.44. The summed E-state index contributed by atoms with van der Waals surface area (Å²) >= 11 is 0. The lowest BCUT2D eigenvalue weighted by atomic mass is 10.1. The van der Waals surface area contributed by atoms with E-state index in [-0.39, 0.29) is 0 Å². The molecular formula is C11H17FN2O5. The van der Waals surface area contributed by atoms with E-state index in [4.69, 9.17) is 9.84 Å². The Morgan fingerprint density at radius 1 is 1.47 bits per heavy atom. The summed E-state index contributed by atoms with van der Waals surface area (Å²) in [5.74, 6) is 0. The van der Waals surface area contributed by atoms with E-state index in [1.807, 2.05) is 18.8 Å². The highest BCUT2D eigenvalue weighted by Gasteiger charge is 2.45. The van der Waals surface area contributed by atoms with E-state index in [1.165, 1.54) is 0 Å². The number of nitrogens with zero attached hydrogens (tertiary/aromatic N) is 1. The van der Waals surface area contributed by atoms with Crippen LogP contribution in [0, 0.1) is 0 Å². The second-order valence-electron chi connectivity index (χ2n) is 3.70. The molecule has 4 atom stereocenters. The number of H-pyrrole nitrogens is 1. The lowest BCUT2D eigenvalue weighted by molar-refractivity contribution is -0.0491. The van der Waals surface area contributed by atoms with Gasteiger partial charge in [-0.25, -0.2) is 9.18 Å². The van der Waals surface area contributed by atoms with Crippen molar-refractivity contribution in [1.29, 1.82) is 0 Å². The average Bonchev–Trinajstić information content (AvgIpc) is 2.69. The van der Waals surface area contributed by atoms with Gasteiger partial charge in [0.1, 0.15) is 12.2 Å². The summed E-state index contributed by atoms with van der Waals surface area (Å²) in [4.78, 5) is 24.2. The number of nitrogens with one attached hydrogen (secondary N) is 1. The Morgan fingerprint density at radius 2 is 2.11 bits per heavy atom. The first-order valence-electron chi connectivity index (χ1n) is 5.94. The predicted molar refractivity (Wildman–Crippen MR) is 64.6 cm³/mol. The average molecular weight is 276 g/mol. The van der Waals surface area contributed by atoms with Crippen LogP contribution in [0.5, 0.6) is 0 Å². The van der Waals surface area contributed by atoms with Crippen molar-refractivity contribution in [2.45, 2.75) is 38.5 Å². The van der Waals surface area contributed by atoms with Crippen molar-refractivity contribution in [2.75, 3.05) is 6.61 Å². The number of hydrogen-bond donors (Lipinski definition) is 3. The SMILES string of the molecule is CC.O=c1ccn(C2OC(CO)C(O)C2F)c(=O)[nH]1. The summed E-state index contributed by atoms with van der Waals surface area (Å²) < 4.78 is 19.5. The highest BCUT2D eigenvalue weighted by molar-refractivity contribution is 4.93. The van der Waals surface area contributed by atoms with E-state index in [9.17, 15) is 19.1 Å². The fraction of sp³-hybridized carbons (Fsp3) is 0.636. The number of alkyl halides is 1. The molecule has 1 aromatic rings. The monoisotopic (exact) mass is 276 g/mol. The molecular weight excluding hydrogens is 259 g/mol. The molecule has 1 saturated heterocycles. The first-order valence-corrected chi connectivity index (χ1v) is 5.94. The summed E-state index contributed by atoms with van der Waals surface area (Å²) in [6.07, 6.45) is -4.73. The Bertz CT molecular complexity index is 514. The Labute approximate surface area is 108 Å². The number of ether oxygens (including phenoxy) is 1. The molecule has 108 valence electrons. The minimum Gasteiger partial charge on any atom is -0.394 e. The standard InChI is InChI=1S/C9H11FN2O5.C2H6/c10-6-7(15)4(3-13)17-8(6)12-2-1-5(14)11-9(12)16;1-2/h1-2,4,6-8,13,15H,3H2,(H,11,14,16);1-2H3. The molecule has 1 aliphatic rings. The van der Waals surface area contributed by atoms with Crippen LogP contribution in [-0.2, 0) is 4.74 Å². The second kappa shape index (κ2) is 6.60. The van der Waals surface area contributed by atoms with Gasteiger partial charge in [0, 0.05) is 12.3 Å². The van der Waals surface area contributed by atoms with Crippen LogP contribution in [0.4, 0.5) is 4.39 Å². The molecule has 7 nitrogen and oxygen atoms in total. The topological polar surface area (TPSA) is 105 Å². The molecule has 2 heterocycles. The molecule has 3 N–H and O–H groups in total. The summed E-state index contributed by atoms with van der Waals surface area (Å²) in [5, 5.41) is 18.2. The zero-order chi connectivity index (χ0) is 14.6. The maximum absolute atomic E-state index is 13.6. The third-order valence-electron chi connectivity index (χ3n) is 2.60. The molecule has 0 spiro atoms. The molecule has 0 aromatic carbocycles. The van der Waals surface area contributed by atoms with Gasteiger partial charge in [0.2, 0.25) is 0 Å². The van der Waals surface area contributed by atoms with Gasteiger partial charge in [-0.15, -0.1) is 0 Å². The molecule has 0 bridgehead atoms. The van der Waals surface area contributed by atoms with E-state index in [1.54, 1.807) is 0 Å². The molecule has 4 unspecified atom stereocenters.